The van der Waals surface area contributed by atoms with Crippen LogP contribution in [-0.2, 0) is 29.3 Å². The zero-order chi connectivity index (χ0) is 19.1. The van der Waals surface area contributed by atoms with E-state index in [0.717, 1.165) is 17.7 Å². The Bertz CT molecular complexity index is 959. The average Bonchev–Trinajstić information content (AvgIpc) is 2.98. The molecule has 0 fully saturated rings. The van der Waals surface area contributed by atoms with Gasteiger partial charge >= 0.3 is 11.5 Å². The highest BCUT2D eigenvalue weighted by Crippen LogP contribution is 2.30. The number of nitrogens with two attached hydrogens (primary N) is 1. The Morgan fingerprint density at radius 1 is 1.19 bits per heavy atom. The highest BCUT2D eigenvalue weighted by Gasteiger charge is 2.46. The maximum absolute atomic E-state index is 12.5. The monoisotopic (exact) mass is 386 g/mol. The fraction of sp³-hybridized carbons (Fsp3) is 0.267. The second-order valence-electron chi connectivity index (χ2n) is 5.72. The quantitative estimate of drug-likeness (QED) is 0.865. The van der Waals surface area contributed by atoms with E-state index in [1.165, 1.54) is 17.0 Å². The standard InChI is InChI=1S/C15H13F3N4O3S/c16-15(17,18)26(24,25)11-3-1-9(2-4-11)5-13-20-6-10-7-22(14(19)23)8-12(10)21-13/h1-4,6H,5,7-8H2,(H2,19,23). The summed E-state index contributed by atoms with van der Waals surface area (Å²) in [6.07, 6.45) is 1.78. The molecule has 2 N–H and O–H groups in total. The summed E-state index contributed by atoms with van der Waals surface area (Å²) in [7, 11) is -5.37. The zero-order valence-corrected chi connectivity index (χ0v) is 14.0. The van der Waals surface area contributed by atoms with Crippen molar-refractivity contribution in [2.75, 3.05) is 0 Å². The average molecular weight is 386 g/mol. The van der Waals surface area contributed by atoms with E-state index in [9.17, 15) is 26.4 Å². The van der Waals surface area contributed by atoms with Gasteiger partial charge in [0.15, 0.2) is 0 Å². The lowest BCUT2D eigenvalue weighted by atomic mass is 10.1. The van der Waals surface area contributed by atoms with Gasteiger partial charge in [0.2, 0.25) is 0 Å². The van der Waals surface area contributed by atoms with E-state index in [2.05, 4.69) is 9.97 Å². The van der Waals surface area contributed by atoms with Crippen molar-refractivity contribution in [2.24, 2.45) is 5.73 Å². The summed E-state index contributed by atoms with van der Waals surface area (Å²) in [5.41, 5.74) is 1.87. The van der Waals surface area contributed by atoms with Gasteiger partial charge in [0.25, 0.3) is 9.84 Å². The van der Waals surface area contributed by atoms with Crippen molar-refractivity contribution in [3.8, 4) is 0 Å². The van der Waals surface area contributed by atoms with Crippen LogP contribution in [-0.4, -0.2) is 34.8 Å². The van der Waals surface area contributed by atoms with Crippen molar-refractivity contribution in [3.05, 3.63) is 53.1 Å². The number of halogens is 3. The van der Waals surface area contributed by atoms with Gasteiger partial charge in [0.1, 0.15) is 5.82 Å². The van der Waals surface area contributed by atoms with Crippen LogP contribution in [0.5, 0.6) is 0 Å². The smallest absolute Gasteiger partial charge is 0.351 e. The van der Waals surface area contributed by atoms with E-state index >= 15 is 0 Å². The largest absolute Gasteiger partial charge is 0.501 e. The molecule has 0 unspecified atom stereocenters. The van der Waals surface area contributed by atoms with Gasteiger partial charge < -0.3 is 10.6 Å². The van der Waals surface area contributed by atoms with E-state index < -0.39 is 26.3 Å². The lowest BCUT2D eigenvalue weighted by Crippen LogP contribution is -2.30. The van der Waals surface area contributed by atoms with Gasteiger partial charge in [0.05, 0.1) is 23.7 Å². The number of sulfone groups is 1. The molecule has 11 heteroatoms. The Kier molecular flexibility index (Phi) is 4.34. The third kappa shape index (κ3) is 3.34. The van der Waals surface area contributed by atoms with Crippen molar-refractivity contribution in [3.63, 3.8) is 0 Å². The number of urea groups is 1. The van der Waals surface area contributed by atoms with Crippen LogP contribution in [0.3, 0.4) is 0 Å². The van der Waals surface area contributed by atoms with Crippen LogP contribution in [0, 0.1) is 0 Å². The molecule has 3 rings (SSSR count). The summed E-state index contributed by atoms with van der Waals surface area (Å²) in [5.74, 6) is 0.404. The van der Waals surface area contributed by atoms with Gasteiger partial charge in [-0.1, -0.05) is 12.1 Å². The fourth-order valence-corrected chi connectivity index (χ4v) is 3.30. The second-order valence-corrected chi connectivity index (χ2v) is 7.66. The number of hydrogen-bond acceptors (Lipinski definition) is 5. The molecule has 26 heavy (non-hydrogen) atoms. The third-order valence-electron chi connectivity index (χ3n) is 3.92. The van der Waals surface area contributed by atoms with E-state index in [-0.39, 0.29) is 13.0 Å². The lowest BCUT2D eigenvalue weighted by molar-refractivity contribution is -0.0436. The Morgan fingerprint density at radius 2 is 1.85 bits per heavy atom. The summed E-state index contributed by atoms with van der Waals surface area (Å²) in [4.78, 5) is 20.3. The molecule has 2 aromatic rings. The zero-order valence-electron chi connectivity index (χ0n) is 13.2. The van der Waals surface area contributed by atoms with Gasteiger partial charge in [-0.3, -0.25) is 0 Å². The highest BCUT2D eigenvalue weighted by atomic mass is 32.2. The van der Waals surface area contributed by atoms with Crippen molar-refractivity contribution >= 4 is 15.9 Å². The van der Waals surface area contributed by atoms with Crippen LogP contribution in [0.2, 0.25) is 0 Å². The van der Waals surface area contributed by atoms with Crippen LogP contribution < -0.4 is 5.73 Å². The van der Waals surface area contributed by atoms with Gasteiger partial charge in [-0.25, -0.2) is 23.2 Å². The highest BCUT2D eigenvalue weighted by molar-refractivity contribution is 7.92. The summed E-state index contributed by atoms with van der Waals surface area (Å²) in [6, 6.07) is 3.81. The molecule has 0 radical (unpaired) electrons. The molecule has 2 heterocycles. The number of fused-ring (bicyclic) bond motifs is 1. The maximum atomic E-state index is 12.5. The van der Waals surface area contributed by atoms with Crippen molar-refractivity contribution in [1.29, 1.82) is 0 Å². The molecule has 138 valence electrons. The normalized spacial score (nSPS) is 14.3. The van der Waals surface area contributed by atoms with Crippen LogP contribution in [0.4, 0.5) is 18.0 Å². The molecule has 2 amide bonds. The van der Waals surface area contributed by atoms with Crippen LogP contribution in [0.15, 0.2) is 35.4 Å². The molecule has 1 aliphatic rings. The Hall–Kier alpha value is -2.69. The number of hydrogen-bond donors (Lipinski definition) is 1. The molecule has 1 aliphatic heterocycles. The SMILES string of the molecule is NC(=O)N1Cc2cnc(Cc3ccc(S(=O)(=O)C(F)(F)F)cc3)nc2C1. The lowest BCUT2D eigenvalue weighted by Gasteiger charge is -2.09. The summed E-state index contributed by atoms with van der Waals surface area (Å²) < 4.78 is 60.3. The number of primary amides is 1. The fourth-order valence-electron chi connectivity index (χ4n) is 2.54. The number of nitrogens with zero attached hydrogens (tertiary/aromatic N) is 3. The first-order valence-electron chi connectivity index (χ1n) is 7.36. The first kappa shape index (κ1) is 18.1. The van der Waals surface area contributed by atoms with Crippen LogP contribution in [0.1, 0.15) is 22.6 Å². The Labute approximate surface area is 146 Å². The molecule has 1 aromatic carbocycles. The summed E-state index contributed by atoms with van der Waals surface area (Å²) in [6.45, 7) is 0.595. The first-order chi connectivity index (χ1) is 12.1. The predicted octanol–water partition coefficient (Wildman–Crippen LogP) is 1.76. The maximum Gasteiger partial charge on any atom is 0.501 e. The Morgan fingerprint density at radius 3 is 2.42 bits per heavy atom. The molecule has 0 saturated heterocycles. The van der Waals surface area contributed by atoms with Crippen LogP contribution in [0.25, 0.3) is 0 Å². The van der Waals surface area contributed by atoms with Gasteiger partial charge in [-0.05, 0) is 17.7 Å². The van der Waals surface area contributed by atoms with Gasteiger partial charge in [-0.15, -0.1) is 0 Å². The number of amides is 2. The molecule has 0 spiro atoms. The molecule has 0 atom stereocenters. The molecule has 7 nitrogen and oxygen atoms in total. The minimum atomic E-state index is -5.37. The number of carbonyl (C=O) groups is 1. The van der Waals surface area contributed by atoms with Crippen LogP contribution >= 0.6 is 0 Å². The molecular weight excluding hydrogens is 373 g/mol. The molecule has 0 bridgehead atoms. The topological polar surface area (TPSA) is 106 Å². The summed E-state index contributed by atoms with van der Waals surface area (Å²) in [5, 5.41) is 0. The predicted molar refractivity (Wildman–Crippen MR) is 83.4 cm³/mol. The number of carbonyl (C=O) groups excluding carboxylic acids is 1. The molecule has 1 aromatic heterocycles. The van der Waals surface area contributed by atoms with Crippen molar-refractivity contribution in [1.82, 2.24) is 14.9 Å². The van der Waals surface area contributed by atoms with E-state index in [1.54, 1.807) is 6.20 Å². The Balaban J connectivity index is 1.77. The number of aromatic nitrogens is 2. The number of alkyl halides is 3. The molecule has 0 aliphatic carbocycles. The van der Waals surface area contributed by atoms with E-state index in [1.807, 2.05) is 0 Å². The van der Waals surface area contributed by atoms with Gasteiger partial charge in [0, 0.05) is 18.2 Å². The number of benzene rings is 1. The minimum absolute atomic E-state index is 0.205. The van der Waals surface area contributed by atoms with E-state index in [0.29, 0.717) is 23.6 Å². The van der Waals surface area contributed by atoms with Crippen molar-refractivity contribution in [2.45, 2.75) is 29.9 Å². The second kappa shape index (κ2) is 6.24. The third-order valence-corrected chi connectivity index (χ3v) is 5.42. The first-order valence-corrected chi connectivity index (χ1v) is 8.84. The molecular formula is C15H13F3N4O3S. The van der Waals surface area contributed by atoms with Gasteiger partial charge in [-0.2, -0.15) is 13.2 Å². The minimum Gasteiger partial charge on any atom is -0.351 e. The van der Waals surface area contributed by atoms with Crippen molar-refractivity contribution < 1.29 is 26.4 Å². The van der Waals surface area contributed by atoms with E-state index in [4.69, 9.17) is 5.73 Å². The summed E-state index contributed by atoms with van der Waals surface area (Å²) >= 11 is 0. The molecule has 0 saturated carbocycles. The number of rotatable bonds is 3.